The lowest BCUT2D eigenvalue weighted by molar-refractivity contribution is 0.0690. The number of halogens is 1. The Bertz CT molecular complexity index is 632. The Morgan fingerprint density at radius 1 is 1.35 bits per heavy atom. The van der Waals surface area contributed by atoms with E-state index in [9.17, 15) is 4.79 Å². The zero-order chi connectivity index (χ0) is 14.5. The van der Waals surface area contributed by atoms with Crippen LogP contribution in [0.5, 0.6) is 5.75 Å². The molecule has 5 nitrogen and oxygen atoms in total. The van der Waals surface area contributed by atoms with Crippen molar-refractivity contribution in [3.63, 3.8) is 0 Å². The molecule has 20 heavy (non-hydrogen) atoms. The summed E-state index contributed by atoms with van der Waals surface area (Å²) >= 11 is 6.13. The van der Waals surface area contributed by atoms with Gasteiger partial charge >= 0.3 is 5.97 Å². The normalized spacial score (nSPS) is 10.3. The van der Waals surface area contributed by atoms with Crippen LogP contribution in [-0.2, 0) is 0 Å². The number of hydrogen-bond acceptors (Lipinski definition) is 4. The Morgan fingerprint density at radius 2 is 2.15 bits per heavy atom. The minimum atomic E-state index is -1.09. The molecule has 2 rings (SSSR count). The molecule has 0 spiro atoms. The number of nitrogens with zero attached hydrogens (tertiary/aromatic N) is 2. The van der Waals surface area contributed by atoms with Gasteiger partial charge in [0.2, 0.25) is 0 Å². The summed E-state index contributed by atoms with van der Waals surface area (Å²) in [5, 5.41) is 9.38. The van der Waals surface area contributed by atoms with Gasteiger partial charge in [-0.05, 0) is 30.7 Å². The van der Waals surface area contributed by atoms with Crippen LogP contribution in [-0.4, -0.2) is 27.7 Å². The van der Waals surface area contributed by atoms with Crippen LogP contribution < -0.4 is 4.74 Å². The Labute approximate surface area is 121 Å². The summed E-state index contributed by atoms with van der Waals surface area (Å²) in [6.45, 7) is 2.60. The van der Waals surface area contributed by atoms with Gasteiger partial charge in [-0.2, -0.15) is 0 Å². The van der Waals surface area contributed by atoms with E-state index in [2.05, 4.69) is 9.97 Å². The number of carboxylic acids is 1. The predicted octanol–water partition coefficient (Wildman–Crippen LogP) is 3.28. The van der Waals surface area contributed by atoms with Crippen LogP contribution in [0.15, 0.2) is 30.6 Å². The zero-order valence-corrected chi connectivity index (χ0v) is 11.6. The standard InChI is InChI=1S/C14H13ClN2O3/c1-2-5-20-13-4-3-9(6-10(13)15)11-7-12(14(18)19)17-8-16-11/h3-4,6-8H,2,5H2,1H3,(H,18,19). The molecule has 0 bridgehead atoms. The Hall–Kier alpha value is -2.14. The van der Waals surface area contributed by atoms with E-state index in [1.54, 1.807) is 18.2 Å². The molecule has 0 saturated heterocycles. The molecule has 0 amide bonds. The van der Waals surface area contributed by atoms with Crippen LogP contribution in [0.2, 0.25) is 5.02 Å². The molecule has 1 aromatic heterocycles. The van der Waals surface area contributed by atoms with E-state index in [0.717, 1.165) is 6.42 Å². The molecule has 2 aromatic rings. The van der Waals surface area contributed by atoms with Gasteiger partial charge in [-0.15, -0.1) is 0 Å². The maximum Gasteiger partial charge on any atom is 0.354 e. The Kier molecular flexibility index (Phi) is 4.53. The van der Waals surface area contributed by atoms with Gasteiger partial charge < -0.3 is 9.84 Å². The molecule has 1 heterocycles. The smallest absolute Gasteiger partial charge is 0.354 e. The number of hydrogen-bond donors (Lipinski definition) is 1. The summed E-state index contributed by atoms with van der Waals surface area (Å²) in [7, 11) is 0. The van der Waals surface area contributed by atoms with Crippen molar-refractivity contribution in [3.8, 4) is 17.0 Å². The first kappa shape index (κ1) is 14.3. The van der Waals surface area contributed by atoms with Crippen molar-refractivity contribution >= 4 is 17.6 Å². The van der Waals surface area contributed by atoms with Crippen molar-refractivity contribution in [2.75, 3.05) is 6.61 Å². The van der Waals surface area contributed by atoms with Crippen molar-refractivity contribution < 1.29 is 14.6 Å². The van der Waals surface area contributed by atoms with E-state index < -0.39 is 5.97 Å². The van der Waals surface area contributed by atoms with E-state index in [1.807, 2.05) is 6.92 Å². The number of aromatic carboxylic acids is 1. The summed E-state index contributed by atoms with van der Waals surface area (Å²) in [6, 6.07) is 6.63. The van der Waals surface area contributed by atoms with Crippen molar-refractivity contribution in [1.29, 1.82) is 0 Å². The number of aromatic nitrogens is 2. The van der Waals surface area contributed by atoms with E-state index in [1.165, 1.54) is 12.4 Å². The van der Waals surface area contributed by atoms with Crippen LogP contribution in [0.3, 0.4) is 0 Å². The molecular formula is C14H13ClN2O3. The highest BCUT2D eigenvalue weighted by atomic mass is 35.5. The molecule has 0 radical (unpaired) electrons. The van der Waals surface area contributed by atoms with Crippen molar-refractivity contribution in [2.24, 2.45) is 0 Å². The Balaban J connectivity index is 2.31. The summed E-state index contributed by atoms with van der Waals surface area (Å²) in [6.07, 6.45) is 2.11. The molecule has 104 valence electrons. The summed E-state index contributed by atoms with van der Waals surface area (Å²) in [5.41, 5.74) is 1.16. The van der Waals surface area contributed by atoms with Gasteiger partial charge in [0, 0.05) is 5.56 Å². The molecule has 6 heteroatoms. The highest BCUT2D eigenvalue weighted by molar-refractivity contribution is 6.32. The molecule has 0 fully saturated rings. The van der Waals surface area contributed by atoms with Gasteiger partial charge in [0.1, 0.15) is 12.1 Å². The van der Waals surface area contributed by atoms with Gasteiger partial charge in [-0.1, -0.05) is 18.5 Å². The molecule has 0 aliphatic rings. The molecule has 0 unspecified atom stereocenters. The van der Waals surface area contributed by atoms with E-state index in [-0.39, 0.29) is 5.69 Å². The second kappa shape index (κ2) is 6.34. The third kappa shape index (κ3) is 3.24. The summed E-state index contributed by atoms with van der Waals surface area (Å²) < 4.78 is 5.48. The van der Waals surface area contributed by atoms with Crippen LogP contribution in [0.1, 0.15) is 23.8 Å². The Morgan fingerprint density at radius 3 is 2.80 bits per heavy atom. The number of carboxylic acid groups (broad SMARTS) is 1. The van der Waals surface area contributed by atoms with Crippen molar-refractivity contribution in [3.05, 3.63) is 41.3 Å². The third-order valence-corrected chi connectivity index (χ3v) is 2.87. The molecule has 0 aliphatic carbocycles. The van der Waals surface area contributed by atoms with E-state index in [0.29, 0.717) is 28.6 Å². The van der Waals surface area contributed by atoms with Crippen molar-refractivity contribution in [1.82, 2.24) is 9.97 Å². The van der Waals surface area contributed by atoms with Crippen LogP contribution in [0.4, 0.5) is 0 Å². The maximum atomic E-state index is 10.9. The number of rotatable bonds is 5. The molecule has 0 aliphatic heterocycles. The number of benzene rings is 1. The second-order valence-corrected chi connectivity index (χ2v) is 4.49. The quantitative estimate of drug-likeness (QED) is 0.915. The lowest BCUT2D eigenvalue weighted by Crippen LogP contribution is -2.01. The summed E-state index contributed by atoms with van der Waals surface area (Å²) in [4.78, 5) is 18.6. The second-order valence-electron chi connectivity index (χ2n) is 4.09. The third-order valence-electron chi connectivity index (χ3n) is 2.58. The molecule has 1 N–H and O–H groups in total. The van der Waals surface area contributed by atoms with Gasteiger partial charge in [0.05, 0.1) is 17.3 Å². The highest BCUT2D eigenvalue weighted by Gasteiger charge is 2.09. The van der Waals surface area contributed by atoms with Crippen LogP contribution in [0, 0.1) is 0 Å². The topological polar surface area (TPSA) is 72.3 Å². The van der Waals surface area contributed by atoms with Gasteiger partial charge in [0.15, 0.2) is 5.69 Å². The first-order chi connectivity index (χ1) is 9.61. The fourth-order valence-corrected chi connectivity index (χ4v) is 1.86. The SMILES string of the molecule is CCCOc1ccc(-c2cc(C(=O)O)ncn2)cc1Cl. The largest absolute Gasteiger partial charge is 0.492 e. The average molecular weight is 293 g/mol. The molecule has 0 saturated carbocycles. The van der Waals surface area contributed by atoms with E-state index >= 15 is 0 Å². The monoisotopic (exact) mass is 292 g/mol. The highest BCUT2D eigenvalue weighted by Crippen LogP contribution is 2.29. The van der Waals surface area contributed by atoms with Crippen LogP contribution in [0.25, 0.3) is 11.3 Å². The van der Waals surface area contributed by atoms with Gasteiger partial charge in [0.25, 0.3) is 0 Å². The fraction of sp³-hybridized carbons (Fsp3) is 0.214. The van der Waals surface area contributed by atoms with Crippen molar-refractivity contribution in [2.45, 2.75) is 13.3 Å². The molecule has 1 aromatic carbocycles. The average Bonchev–Trinajstić information content (AvgIpc) is 2.46. The summed E-state index contributed by atoms with van der Waals surface area (Å²) in [5.74, 6) is -0.493. The van der Waals surface area contributed by atoms with Gasteiger partial charge in [-0.3, -0.25) is 0 Å². The first-order valence-corrected chi connectivity index (χ1v) is 6.47. The first-order valence-electron chi connectivity index (χ1n) is 6.10. The minimum absolute atomic E-state index is 0.0579. The predicted molar refractivity (Wildman–Crippen MR) is 75.2 cm³/mol. The molecular weight excluding hydrogens is 280 g/mol. The molecule has 0 atom stereocenters. The van der Waals surface area contributed by atoms with E-state index in [4.69, 9.17) is 21.4 Å². The van der Waals surface area contributed by atoms with Gasteiger partial charge in [-0.25, -0.2) is 14.8 Å². The number of carbonyl (C=O) groups is 1. The zero-order valence-electron chi connectivity index (χ0n) is 10.8. The lowest BCUT2D eigenvalue weighted by Gasteiger charge is -2.08. The minimum Gasteiger partial charge on any atom is -0.492 e. The fourth-order valence-electron chi connectivity index (χ4n) is 1.62. The maximum absolute atomic E-state index is 10.9. The lowest BCUT2D eigenvalue weighted by atomic mass is 10.1. The van der Waals surface area contributed by atoms with Crippen LogP contribution >= 0.6 is 11.6 Å². The number of ether oxygens (including phenoxy) is 1.